The second kappa shape index (κ2) is 13.7. The van der Waals surface area contributed by atoms with Crippen molar-refractivity contribution in [1.29, 1.82) is 0 Å². The van der Waals surface area contributed by atoms with Crippen molar-refractivity contribution in [1.82, 2.24) is 10.2 Å². The van der Waals surface area contributed by atoms with Gasteiger partial charge in [0, 0.05) is 25.0 Å². The van der Waals surface area contributed by atoms with Crippen LogP contribution in [0.25, 0.3) is 0 Å². The summed E-state index contributed by atoms with van der Waals surface area (Å²) in [6.45, 7) is 3.28. The van der Waals surface area contributed by atoms with Gasteiger partial charge in [0.05, 0.1) is 10.6 Å². The van der Waals surface area contributed by atoms with Crippen molar-refractivity contribution in [3.05, 3.63) is 130 Å². The molecule has 0 radical (unpaired) electrons. The third kappa shape index (κ3) is 7.19. The van der Waals surface area contributed by atoms with E-state index < -0.39 is 28.5 Å². The zero-order valence-corrected chi connectivity index (χ0v) is 25.4. The van der Waals surface area contributed by atoms with Crippen LogP contribution in [0.4, 0.5) is 5.69 Å². The maximum atomic E-state index is 14.4. The first-order valence-corrected chi connectivity index (χ1v) is 15.4. The molecular weight excluding hydrogens is 570 g/mol. The Labute approximate surface area is 252 Å². The third-order valence-electron chi connectivity index (χ3n) is 7.17. The summed E-state index contributed by atoms with van der Waals surface area (Å²) in [5, 5.41) is 3.03. The average Bonchev–Trinajstić information content (AvgIpc) is 3.00. The van der Waals surface area contributed by atoms with Crippen LogP contribution in [0.1, 0.15) is 22.3 Å². The first kappa shape index (κ1) is 30.8. The van der Waals surface area contributed by atoms with Crippen molar-refractivity contribution in [2.24, 2.45) is 0 Å². The number of likely N-dealkylation sites (N-methyl/N-ethyl adjacent to an activating group) is 1. The number of anilines is 1. The van der Waals surface area contributed by atoms with Gasteiger partial charge in [-0.3, -0.25) is 13.9 Å². The molecule has 0 aromatic heterocycles. The molecule has 0 unspecified atom stereocenters. The average molecular weight is 604 g/mol. The van der Waals surface area contributed by atoms with Crippen molar-refractivity contribution < 1.29 is 18.0 Å². The van der Waals surface area contributed by atoms with E-state index in [9.17, 15) is 18.0 Å². The summed E-state index contributed by atoms with van der Waals surface area (Å²) in [6, 6.07) is 29.0. The number of hydrogen-bond acceptors (Lipinski definition) is 4. The van der Waals surface area contributed by atoms with E-state index in [2.05, 4.69) is 5.32 Å². The zero-order valence-electron chi connectivity index (χ0n) is 23.8. The van der Waals surface area contributed by atoms with Gasteiger partial charge in [0.1, 0.15) is 12.6 Å². The van der Waals surface area contributed by atoms with E-state index in [-0.39, 0.29) is 29.5 Å². The number of benzene rings is 4. The SMILES string of the molecule is CNC(=O)[C@@H](Cc1ccccc1)N(Cc1ccccc1C)C(=O)CN(c1cc(Cl)ccc1C)S(=O)(=O)c1ccccc1. The van der Waals surface area contributed by atoms with Crippen LogP contribution in [-0.2, 0) is 32.6 Å². The molecular formula is C33H34ClN3O4S. The number of halogens is 1. The highest BCUT2D eigenvalue weighted by Gasteiger charge is 2.35. The highest BCUT2D eigenvalue weighted by atomic mass is 35.5. The molecule has 0 spiro atoms. The van der Waals surface area contributed by atoms with Gasteiger partial charge in [0.2, 0.25) is 11.8 Å². The highest BCUT2D eigenvalue weighted by Crippen LogP contribution is 2.30. The largest absolute Gasteiger partial charge is 0.357 e. The summed E-state index contributed by atoms with van der Waals surface area (Å²) in [6.07, 6.45) is 0.250. The predicted octanol–water partition coefficient (Wildman–Crippen LogP) is 5.54. The topological polar surface area (TPSA) is 86.8 Å². The lowest BCUT2D eigenvalue weighted by Crippen LogP contribution is -2.53. The maximum absolute atomic E-state index is 14.4. The fraction of sp³-hybridized carbons (Fsp3) is 0.212. The first-order chi connectivity index (χ1) is 20.1. The van der Waals surface area contributed by atoms with Crippen LogP contribution in [0.2, 0.25) is 5.02 Å². The summed E-state index contributed by atoms with van der Waals surface area (Å²) >= 11 is 6.31. The summed E-state index contributed by atoms with van der Waals surface area (Å²) in [5.74, 6) is -0.876. The lowest BCUT2D eigenvalue weighted by atomic mass is 10.0. The number of nitrogens with zero attached hydrogens (tertiary/aromatic N) is 2. The highest BCUT2D eigenvalue weighted by molar-refractivity contribution is 7.92. The molecule has 0 bridgehead atoms. The minimum absolute atomic E-state index is 0.0368. The van der Waals surface area contributed by atoms with Gasteiger partial charge in [-0.15, -0.1) is 0 Å². The van der Waals surface area contributed by atoms with E-state index in [1.807, 2.05) is 61.5 Å². The molecule has 0 aliphatic carbocycles. The van der Waals surface area contributed by atoms with Crippen molar-refractivity contribution >= 4 is 39.1 Å². The van der Waals surface area contributed by atoms with Crippen LogP contribution in [-0.4, -0.2) is 44.8 Å². The molecule has 0 aliphatic rings. The molecule has 218 valence electrons. The number of hydrogen-bond donors (Lipinski definition) is 1. The van der Waals surface area contributed by atoms with E-state index in [4.69, 9.17) is 11.6 Å². The summed E-state index contributed by atoms with van der Waals surface area (Å²) in [5.41, 5.74) is 3.59. The lowest BCUT2D eigenvalue weighted by molar-refractivity contribution is -0.139. The van der Waals surface area contributed by atoms with E-state index >= 15 is 0 Å². The fourth-order valence-corrected chi connectivity index (χ4v) is 6.43. The molecule has 4 rings (SSSR count). The molecule has 9 heteroatoms. The molecule has 0 saturated carbocycles. The Hall–Kier alpha value is -4.14. The second-order valence-corrected chi connectivity index (χ2v) is 12.3. The molecule has 1 N–H and O–H groups in total. The molecule has 4 aromatic rings. The Balaban J connectivity index is 1.82. The van der Waals surface area contributed by atoms with Gasteiger partial charge >= 0.3 is 0 Å². The number of aryl methyl sites for hydroxylation is 2. The Morgan fingerprint density at radius 2 is 1.45 bits per heavy atom. The van der Waals surface area contributed by atoms with Crippen molar-refractivity contribution in [3.63, 3.8) is 0 Å². The molecule has 2 amide bonds. The monoisotopic (exact) mass is 603 g/mol. The molecule has 0 aliphatic heterocycles. The van der Waals surface area contributed by atoms with Crippen molar-refractivity contribution in [3.8, 4) is 0 Å². The van der Waals surface area contributed by atoms with Crippen LogP contribution < -0.4 is 9.62 Å². The molecule has 0 fully saturated rings. The first-order valence-electron chi connectivity index (χ1n) is 13.5. The molecule has 7 nitrogen and oxygen atoms in total. The normalized spacial score (nSPS) is 11.9. The van der Waals surface area contributed by atoms with Gasteiger partial charge < -0.3 is 10.2 Å². The van der Waals surface area contributed by atoms with Crippen LogP contribution in [0, 0.1) is 13.8 Å². The Morgan fingerprint density at radius 1 is 0.833 bits per heavy atom. The predicted molar refractivity (Wildman–Crippen MR) is 167 cm³/mol. The van der Waals surface area contributed by atoms with Gasteiger partial charge in [-0.25, -0.2) is 8.42 Å². The fourth-order valence-electron chi connectivity index (χ4n) is 4.78. The minimum Gasteiger partial charge on any atom is -0.357 e. The lowest BCUT2D eigenvalue weighted by Gasteiger charge is -2.34. The van der Waals surface area contributed by atoms with Crippen LogP contribution >= 0.6 is 11.6 Å². The van der Waals surface area contributed by atoms with Crippen LogP contribution in [0.5, 0.6) is 0 Å². The number of carbonyl (C=O) groups excluding carboxylic acids is 2. The van der Waals surface area contributed by atoms with Crippen molar-refractivity contribution in [2.75, 3.05) is 17.9 Å². The zero-order chi connectivity index (χ0) is 30.3. The number of carbonyl (C=O) groups is 2. The molecule has 1 atom stereocenters. The summed E-state index contributed by atoms with van der Waals surface area (Å²) in [4.78, 5) is 29.2. The van der Waals surface area contributed by atoms with E-state index in [1.54, 1.807) is 37.3 Å². The molecule has 42 heavy (non-hydrogen) atoms. The number of amides is 2. The van der Waals surface area contributed by atoms with Crippen molar-refractivity contribution in [2.45, 2.75) is 37.8 Å². The van der Waals surface area contributed by atoms with Crippen LogP contribution in [0.15, 0.2) is 108 Å². The standard InChI is InChI=1S/C33H34ClN3O4S/c1-24-12-10-11-15-27(24)22-36(31(33(39)35-3)20-26-13-6-4-7-14-26)32(38)23-37(30-21-28(34)19-18-25(30)2)42(40,41)29-16-8-5-9-17-29/h4-19,21,31H,20,22-23H2,1-3H3,(H,35,39)/t31-/m1/s1. The molecule has 0 heterocycles. The Bertz CT molecular complexity index is 1650. The van der Waals surface area contributed by atoms with E-state index in [0.29, 0.717) is 10.6 Å². The maximum Gasteiger partial charge on any atom is 0.264 e. The van der Waals surface area contributed by atoms with Gasteiger partial charge in [0.25, 0.3) is 10.0 Å². The molecule has 4 aromatic carbocycles. The number of rotatable bonds is 11. The van der Waals surface area contributed by atoms with Gasteiger partial charge in [-0.05, 0) is 60.4 Å². The Kier molecular flexibility index (Phi) is 10.0. The number of sulfonamides is 1. The minimum atomic E-state index is -4.19. The van der Waals surface area contributed by atoms with Gasteiger partial charge in [0.15, 0.2) is 0 Å². The summed E-state index contributed by atoms with van der Waals surface area (Å²) in [7, 11) is -2.66. The Morgan fingerprint density at radius 3 is 2.10 bits per heavy atom. The smallest absolute Gasteiger partial charge is 0.264 e. The summed E-state index contributed by atoms with van der Waals surface area (Å²) < 4.78 is 29.2. The molecule has 0 saturated heterocycles. The van der Waals surface area contributed by atoms with Gasteiger partial charge in [-0.2, -0.15) is 0 Å². The third-order valence-corrected chi connectivity index (χ3v) is 9.18. The second-order valence-electron chi connectivity index (χ2n) is 10.0. The van der Waals surface area contributed by atoms with Gasteiger partial charge in [-0.1, -0.05) is 90.5 Å². The van der Waals surface area contributed by atoms with Crippen LogP contribution in [0.3, 0.4) is 0 Å². The quantitative estimate of drug-likeness (QED) is 0.244. The van der Waals surface area contributed by atoms with E-state index in [1.165, 1.54) is 30.1 Å². The number of nitrogens with one attached hydrogen (secondary N) is 1. The van der Waals surface area contributed by atoms with E-state index in [0.717, 1.165) is 21.0 Å².